The van der Waals surface area contributed by atoms with Crippen LogP contribution in [0.4, 0.5) is 10.5 Å². The summed E-state index contributed by atoms with van der Waals surface area (Å²) in [6.45, 7) is 3.13. The van der Waals surface area contributed by atoms with Crippen LogP contribution in [0.2, 0.25) is 5.02 Å². The molecule has 6 nitrogen and oxygen atoms in total. The maximum absolute atomic E-state index is 12.5. The normalized spacial score (nSPS) is 18.9. The van der Waals surface area contributed by atoms with Crippen molar-refractivity contribution in [3.63, 3.8) is 0 Å². The van der Waals surface area contributed by atoms with Crippen LogP contribution in [0.1, 0.15) is 20.3 Å². The van der Waals surface area contributed by atoms with Crippen molar-refractivity contribution in [2.24, 2.45) is 0 Å². The second-order valence-corrected chi connectivity index (χ2v) is 8.16. The molecule has 3 rings (SSSR count). The third-order valence-corrected chi connectivity index (χ3v) is 5.89. The SMILES string of the molecule is CC[C@@]1(C)NC(=O)N(CC(=O)Nc2ccccc2Sc2ccc(Cl)cc2)C1=O. The topological polar surface area (TPSA) is 78.5 Å². The van der Waals surface area contributed by atoms with Crippen LogP contribution in [0.5, 0.6) is 0 Å². The molecule has 0 unspecified atom stereocenters. The fourth-order valence-corrected chi connectivity index (χ4v) is 3.78. The predicted octanol–water partition coefficient (Wildman–Crippen LogP) is 4.15. The Morgan fingerprint density at radius 2 is 1.86 bits per heavy atom. The van der Waals surface area contributed by atoms with Crippen molar-refractivity contribution in [1.82, 2.24) is 10.2 Å². The molecule has 1 aliphatic rings. The summed E-state index contributed by atoms with van der Waals surface area (Å²) in [5, 5.41) is 6.09. The highest BCUT2D eigenvalue weighted by atomic mass is 35.5. The second kappa shape index (κ2) is 8.24. The lowest BCUT2D eigenvalue weighted by molar-refractivity contribution is -0.133. The van der Waals surface area contributed by atoms with Gasteiger partial charge in [0.25, 0.3) is 5.91 Å². The van der Waals surface area contributed by atoms with Gasteiger partial charge in [-0.3, -0.25) is 14.5 Å². The molecule has 0 spiro atoms. The Morgan fingerprint density at radius 1 is 1.18 bits per heavy atom. The van der Waals surface area contributed by atoms with Crippen LogP contribution >= 0.6 is 23.4 Å². The standard InChI is InChI=1S/C20H20ClN3O3S/c1-3-20(2)18(26)24(19(27)23-20)12-17(25)22-15-6-4-5-7-16(15)28-14-10-8-13(21)9-11-14/h4-11H,3,12H2,1-2H3,(H,22,25)(H,23,27)/t20-/m1/s1. The molecule has 1 fully saturated rings. The molecule has 8 heteroatoms. The van der Waals surface area contributed by atoms with Crippen molar-refractivity contribution in [1.29, 1.82) is 0 Å². The number of nitrogens with zero attached hydrogens (tertiary/aromatic N) is 1. The predicted molar refractivity (Wildman–Crippen MR) is 110 cm³/mol. The molecule has 2 N–H and O–H groups in total. The van der Waals surface area contributed by atoms with Crippen LogP contribution in [-0.4, -0.2) is 34.8 Å². The van der Waals surface area contributed by atoms with Gasteiger partial charge in [-0.2, -0.15) is 0 Å². The largest absolute Gasteiger partial charge is 0.325 e. The summed E-state index contributed by atoms with van der Waals surface area (Å²) in [5.41, 5.74) is -0.350. The molecule has 0 saturated carbocycles. The summed E-state index contributed by atoms with van der Waals surface area (Å²) < 4.78 is 0. The van der Waals surface area contributed by atoms with Gasteiger partial charge in [-0.1, -0.05) is 42.4 Å². The number of benzene rings is 2. The smallest absolute Gasteiger partial charge is 0.323 e. The van der Waals surface area contributed by atoms with Crippen molar-refractivity contribution < 1.29 is 14.4 Å². The zero-order valence-electron chi connectivity index (χ0n) is 15.5. The van der Waals surface area contributed by atoms with Crippen molar-refractivity contribution in [3.05, 3.63) is 53.6 Å². The molecule has 1 aliphatic heterocycles. The Morgan fingerprint density at radius 3 is 2.50 bits per heavy atom. The number of carbonyl (C=O) groups is 3. The Bertz CT molecular complexity index is 919. The molecule has 0 radical (unpaired) electrons. The minimum atomic E-state index is -0.959. The van der Waals surface area contributed by atoms with Gasteiger partial charge in [0, 0.05) is 14.8 Å². The number of hydrogen-bond donors (Lipinski definition) is 2. The number of rotatable bonds is 6. The van der Waals surface area contributed by atoms with Crippen LogP contribution in [0.25, 0.3) is 0 Å². The number of carbonyl (C=O) groups excluding carboxylic acids is 3. The summed E-state index contributed by atoms with van der Waals surface area (Å²) in [7, 11) is 0. The minimum Gasteiger partial charge on any atom is -0.323 e. The average Bonchev–Trinajstić information content (AvgIpc) is 2.89. The zero-order valence-corrected chi connectivity index (χ0v) is 17.1. The summed E-state index contributed by atoms with van der Waals surface area (Å²) in [6.07, 6.45) is 0.455. The quantitative estimate of drug-likeness (QED) is 0.692. The van der Waals surface area contributed by atoms with Gasteiger partial charge in [0.2, 0.25) is 5.91 Å². The van der Waals surface area contributed by atoms with Crippen molar-refractivity contribution in [2.45, 2.75) is 35.6 Å². The number of anilines is 1. The first-order valence-corrected chi connectivity index (χ1v) is 9.98. The van der Waals surface area contributed by atoms with Crippen LogP contribution < -0.4 is 10.6 Å². The number of halogens is 1. The van der Waals surface area contributed by atoms with Crippen LogP contribution in [-0.2, 0) is 9.59 Å². The van der Waals surface area contributed by atoms with E-state index in [9.17, 15) is 14.4 Å². The highest BCUT2D eigenvalue weighted by molar-refractivity contribution is 7.99. The van der Waals surface area contributed by atoms with Gasteiger partial charge in [-0.15, -0.1) is 0 Å². The zero-order chi connectivity index (χ0) is 20.3. The number of hydrogen-bond acceptors (Lipinski definition) is 4. The molecule has 4 amide bonds. The fourth-order valence-electron chi connectivity index (χ4n) is 2.75. The van der Waals surface area contributed by atoms with Crippen molar-refractivity contribution in [2.75, 3.05) is 11.9 Å². The maximum atomic E-state index is 12.5. The van der Waals surface area contributed by atoms with E-state index in [1.807, 2.05) is 37.3 Å². The first-order valence-electron chi connectivity index (χ1n) is 8.79. The monoisotopic (exact) mass is 417 g/mol. The van der Waals surface area contributed by atoms with Crippen LogP contribution in [0.3, 0.4) is 0 Å². The van der Waals surface area contributed by atoms with E-state index in [4.69, 9.17) is 11.6 Å². The third kappa shape index (κ3) is 4.31. The third-order valence-electron chi connectivity index (χ3n) is 4.56. The van der Waals surface area contributed by atoms with Gasteiger partial charge in [-0.05, 0) is 49.7 Å². The van der Waals surface area contributed by atoms with E-state index in [0.717, 1.165) is 14.7 Å². The van der Waals surface area contributed by atoms with E-state index in [1.54, 1.807) is 25.1 Å². The molecule has 1 saturated heterocycles. The Balaban J connectivity index is 1.70. The van der Waals surface area contributed by atoms with Gasteiger partial charge in [-0.25, -0.2) is 4.79 Å². The van der Waals surface area contributed by atoms with Gasteiger partial charge in [0.1, 0.15) is 12.1 Å². The average molecular weight is 418 g/mol. The first kappa shape index (κ1) is 20.2. The minimum absolute atomic E-state index is 0.333. The Kier molecular flexibility index (Phi) is 5.96. The number of imide groups is 1. The maximum Gasteiger partial charge on any atom is 0.325 e. The van der Waals surface area contributed by atoms with E-state index >= 15 is 0 Å². The number of para-hydroxylation sites is 1. The van der Waals surface area contributed by atoms with Gasteiger partial charge in [0.05, 0.1) is 5.69 Å². The number of urea groups is 1. The lowest BCUT2D eigenvalue weighted by Gasteiger charge is -2.19. The molecular weight excluding hydrogens is 398 g/mol. The highest BCUT2D eigenvalue weighted by Crippen LogP contribution is 2.34. The van der Waals surface area contributed by atoms with E-state index in [-0.39, 0.29) is 12.5 Å². The molecule has 0 aromatic heterocycles. The lowest BCUT2D eigenvalue weighted by atomic mass is 9.99. The van der Waals surface area contributed by atoms with E-state index < -0.39 is 17.5 Å². The Labute approximate surface area is 172 Å². The summed E-state index contributed by atoms with van der Waals surface area (Å²) >= 11 is 7.40. The molecule has 146 valence electrons. The van der Waals surface area contributed by atoms with E-state index in [2.05, 4.69) is 10.6 Å². The first-order chi connectivity index (χ1) is 13.3. The van der Waals surface area contributed by atoms with Crippen molar-refractivity contribution >= 4 is 46.9 Å². The summed E-state index contributed by atoms with van der Waals surface area (Å²) in [4.78, 5) is 39.8. The van der Waals surface area contributed by atoms with Crippen molar-refractivity contribution in [3.8, 4) is 0 Å². The van der Waals surface area contributed by atoms with Crippen LogP contribution in [0, 0.1) is 0 Å². The highest BCUT2D eigenvalue weighted by Gasteiger charge is 2.46. The summed E-state index contributed by atoms with van der Waals surface area (Å²) in [5.74, 6) is -0.827. The van der Waals surface area contributed by atoms with E-state index in [0.29, 0.717) is 17.1 Å². The number of nitrogens with one attached hydrogen (secondary N) is 2. The van der Waals surface area contributed by atoms with E-state index in [1.165, 1.54) is 11.8 Å². The fraction of sp³-hybridized carbons (Fsp3) is 0.250. The number of amides is 4. The van der Waals surface area contributed by atoms with Gasteiger partial charge in [0.15, 0.2) is 0 Å². The molecule has 2 aromatic rings. The molecular formula is C20H20ClN3O3S. The Hall–Kier alpha value is -2.51. The summed E-state index contributed by atoms with van der Waals surface area (Å²) in [6, 6.07) is 14.2. The van der Waals surface area contributed by atoms with Gasteiger partial charge >= 0.3 is 6.03 Å². The molecule has 1 heterocycles. The molecule has 28 heavy (non-hydrogen) atoms. The molecule has 1 atom stereocenters. The molecule has 2 aromatic carbocycles. The van der Waals surface area contributed by atoms with Crippen LogP contribution in [0.15, 0.2) is 58.3 Å². The molecule has 0 aliphatic carbocycles. The molecule has 0 bridgehead atoms. The second-order valence-electron chi connectivity index (χ2n) is 6.61. The lowest BCUT2D eigenvalue weighted by Crippen LogP contribution is -2.44. The van der Waals surface area contributed by atoms with Gasteiger partial charge < -0.3 is 10.6 Å².